The number of hydrogen-bond donors (Lipinski definition) is 3. The average molecular weight is 503 g/mol. The Balaban J connectivity index is 1.41. The standard InChI is InChI=1S/C30H26N6O2/c1-17-7-11-19(12-8-17)33-34-27-29-32-24-16-15-22-21-5-3-4-6-23(21)31-26(22)25(24)28(36(29)35-30(27)37)18-9-13-20(38-2)14-10-18/h3-14,28,31-32H,15-16H2,1-2H3,(H,35,37). The summed E-state index contributed by atoms with van der Waals surface area (Å²) in [5.41, 5.74) is 8.54. The number of hydrogen-bond acceptors (Lipinski definition) is 5. The highest BCUT2D eigenvalue weighted by Crippen LogP contribution is 2.48. The Morgan fingerprint density at radius 1 is 0.947 bits per heavy atom. The second-order valence-corrected chi connectivity index (χ2v) is 9.76. The maximum absolute atomic E-state index is 13.2. The Bertz CT molecular complexity index is 1800. The molecule has 0 amide bonds. The molecule has 1 aliphatic heterocycles. The fraction of sp³-hybridized carbons (Fsp3) is 0.167. The van der Waals surface area contributed by atoms with Crippen LogP contribution in [0, 0.1) is 6.92 Å². The molecule has 0 radical (unpaired) electrons. The lowest BCUT2D eigenvalue weighted by molar-refractivity contribution is 0.414. The SMILES string of the molecule is COc1ccc(C2C3=C(CCc4c3[nH]c3ccccc43)Nc3c(N=Nc4ccc(C)cc4)c(=O)[nH]n32)cc1. The number of fused-ring (bicyclic) bond motifs is 5. The van der Waals surface area contributed by atoms with Gasteiger partial charge in [0.15, 0.2) is 11.5 Å². The first-order valence-electron chi connectivity index (χ1n) is 12.7. The summed E-state index contributed by atoms with van der Waals surface area (Å²) < 4.78 is 7.29. The third-order valence-corrected chi connectivity index (χ3v) is 7.47. The van der Waals surface area contributed by atoms with Crippen LogP contribution in [0.3, 0.4) is 0 Å². The van der Waals surface area contributed by atoms with E-state index in [2.05, 4.69) is 43.8 Å². The van der Waals surface area contributed by atoms with Crippen LogP contribution in [0.4, 0.5) is 17.2 Å². The third kappa shape index (κ3) is 3.48. The molecule has 0 fully saturated rings. The zero-order valence-electron chi connectivity index (χ0n) is 21.1. The fourth-order valence-corrected chi connectivity index (χ4v) is 5.60. The van der Waals surface area contributed by atoms with Crippen molar-refractivity contribution in [3.63, 3.8) is 0 Å². The zero-order valence-corrected chi connectivity index (χ0v) is 21.1. The van der Waals surface area contributed by atoms with Crippen LogP contribution in [-0.4, -0.2) is 21.9 Å². The lowest BCUT2D eigenvalue weighted by atomic mass is 9.84. The van der Waals surface area contributed by atoms with Crippen molar-refractivity contribution in [2.24, 2.45) is 10.2 Å². The van der Waals surface area contributed by atoms with Crippen LogP contribution in [0.25, 0.3) is 16.5 Å². The molecule has 5 aromatic rings. The van der Waals surface area contributed by atoms with Crippen LogP contribution >= 0.6 is 0 Å². The van der Waals surface area contributed by atoms with Crippen molar-refractivity contribution >= 4 is 33.7 Å². The molecule has 2 aliphatic rings. The molecule has 1 unspecified atom stereocenters. The topological polar surface area (TPSA) is 99.6 Å². The molecule has 1 aliphatic carbocycles. The first-order valence-corrected chi connectivity index (χ1v) is 12.7. The van der Waals surface area contributed by atoms with Crippen molar-refractivity contribution < 1.29 is 4.74 Å². The van der Waals surface area contributed by atoms with Gasteiger partial charge in [0.2, 0.25) is 0 Å². The van der Waals surface area contributed by atoms with E-state index in [1.54, 1.807) is 7.11 Å². The van der Waals surface area contributed by atoms with Gasteiger partial charge in [-0.1, -0.05) is 48.0 Å². The van der Waals surface area contributed by atoms with E-state index in [1.807, 2.05) is 66.2 Å². The van der Waals surface area contributed by atoms with Crippen molar-refractivity contribution in [1.82, 2.24) is 14.8 Å². The molecule has 2 aromatic heterocycles. The molecule has 188 valence electrons. The molecule has 38 heavy (non-hydrogen) atoms. The van der Waals surface area contributed by atoms with Gasteiger partial charge < -0.3 is 15.0 Å². The van der Waals surface area contributed by atoms with Crippen LogP contribution in [0.5, 0.6) is 5.75 Å². The van der Waals surface area contributed by atoms with E-state index in [-0.39, 0.29) is 17.3 Å². The van der Waals surface area contributed by atoms with E-state index in [0.29, 0.717) is 11.5 Å². The van der Waals surface area contributed by atoms with Gasteiger partial charge in [0.05, 0.1) is 12.8 Å². The minimum absolute atomic E-state index is 0.262. The van der Waals surface area contributed by atoms with Gasteiger partial charge in [-0.3, -0.25) is 14.6 Å². The molecule has 7 rings (SSSR count). The minimum atomic E-state index is -0.293. The number of ether oxygens (including phenoxy) is 1. The number of aromatic nitrogens is 3. The van der Waals surface area contributed by atoms with Gasteiger partial charge in [-0.25, -0.2) is 0 Å². The molecular weight excluding hydrogens is 476 g/mol. The smallest absolute Gasteiger partial charge is 0.294 e. The average Bonchev–Trinajstić information content (AvgIpc) is 3.48. The van der Waals surface area contributed by atoms with E-state index in [0.717, 1.165) is 52.2 Å². The quantitative estimate of drug-likeness (QED) is 0.237. The number of nitrogens with zero attached hydrogens (tertiary/aromatic N) is 3. The zero-order chi connectivity index (χ0) is 25.8. The van der Waals surface area contributed by atoms with Crippen LogP contribution in [0.2, 0.25) is 0 Å². The second kappa shape index (κ2) is 8.62. The summed E-state index contributed by atoms with van der Waals surface area (Å²) in [5.74, 6) is 1.39. The number of methoxy groups -OCH3 is 1. The predicted molar refractivity (Wildman–Crippen MR) is 149 cm³/mol. The minimum Gasteiger partial charge on any atom is -0.497 e. The van der Waals surface area contributed by atoms with E-state index in [1.165, 1.54) is 10.9 Å². The van der Waals surface area contributed by atoms with Gasteiger partial charge in [-0.2, -0.15) is 5.11 Å². The Morgan fingerprint density at radius 2 is 1.74 bits per heavy atom. The summed E-state index contributed by atoms with van der Waals surface area (Å²) >= 11 is 0. The third-order valence-electron chi connectivity index (χ3n) is 7.47. The summed E-state index contributed by atoms with van der Waals surface area (Å²) in [4.78, 5) is 16.9. The summed E-state index contributed by atoms with van der Waals surface area (Å²) in [6.45, 7) is 2.02. The first kappa shape index (κ1) is 22.4. The first-order chi connectivity index (χ1) is 18.6. The van der Waals surface area contributed by atoms with Crippen molar-refractivity contribution in [3.8, 4) is 5.75 Å². The van der Waals surface area contributed by atoms with Gasteiger partial charge >= 0.3 is 0 Å². The van der Waals surface area contributed by atoms with Crippen molar-refractivity contribution in [3.05, 3.63) is 111 Å². The number of benzene rings is 3. The van der Waals surface area contributed by atoms with Gasteiger partial charge in [0.1, 0.15) is 11.8 Å². The van der Waals surface area contributed by atoms with Gasteiger partial charge in [-0.15, -0.1) is 5.11 Å². The van der Waals surface area contributed by atoms with Crippen LogP contribution < -0.4 is 15.6 Å². The van der Waals surface area contributed by atoms with E-state index >= 15 is 0 Å². The molecule has 0 bridgehead atoms. The van der Waals surface area contributed by atoms with Gasteiger partial charge in [-0.05, 0) is 61.2 Å². The summed E-state index contributed by atoms with van der Waals surface area (Å²) in [6.07, 6.45) is 1.72. The van der Waals surface area contributed by atoms with Gasteiger partial charge in [0.25, 0.3) is 5.56 Å². The lowest BCUT2D eigenvalue weighted by Crippen LogP contribution is -2.27. The van der Waals surface area contributed by atoms with Crippen LogP contribution in [0.1, 0.15) is 34.8 Å². The molecule has 3 heterocycles. The number of aryl methyl sites for hydroxylation is 2. The Morgan fingerprint density at radius 3 is 2.53 bits per heavy atom. The number of para-hydroxylation sites is 1. The highest BCUT2D eigenvalue weighted by molar-refractivity contribution is 5.93. The van der Waals surface area contributed by atoms with Gasteiger partial charge in [0, 0.05) is 27.9 Å². The van der Waals surface area contributed by atoms with E-state index in [9.17, 15) is 4.79 Å². The molecule has 1 atom stereocenters. The predicted octanol–water partition coefficient (Wildman–Crippen LogP) is 6.76. The molecule has 8 nitrogen and oxygen atoms in total. The largest absolute Gasteiger partial charge is 0.497 e. The number of anilines is 1. The van der Waals surface area contributed by atoms with Crippen LogP contribution in [-0.2, 0) is 6.42 Å². The summed E-state index contributed by atoms with van der Waals surface area (Å²) in [5, 5.41) is 16.6. The molecule has 3 aromatic carbocycles. The van der Waals surface area contributed by atoms with Crippen LogP contribution in [0.15, 0.2) is 93.5 Å². The van der Waals surface area contributed by atoms with E-state index in [4.69, 9.17) is 4.74 Å². The molecule has 0 spiro atoms. The number of allylic oxidation sites excluding steroid dienone is 2. The normalized spacial score (nSPS) is 16.3. The Hall–Kier alpha value is -4.85. The number of nitrogens with one attached hydrogen (secondary N) is 3. The lowest BCUT2D eigenvalue weighted by Gasteiger charge is -2.34. The highest BCUT2D eigenvalue weighted by atomic mass is 16.5. The number of azo groups is 1. The fourth-order valence-electron chi connectivity index (χ4n) is 5.60. The summed E-state index contributed by atoms with van der Waals surface area (Å²) in [6, 6.07) is 23.9. The molecule has 0 saturated carbocycles. The number of rotatable bonds is 4. The summed E-state index contributed by atoms with van der Waals surface area (Å²) in [7, 11) is 1.66. The second-order valence-electron chi connectivity index (χ2n) is 9.76. The maximum Gasteiger partial charge on any atom is 0.294 e. The monoisotopic (exact) mass is 502 g/mol. The number of H-pyrrole nitrogens is 2. The molecule has 3 N–H and O–H groups in total. The highest BCUT2D eigenvalue weighted by Gasteiger charge is 2.37. The van der Waals surface area contributed by atoms with Crippen molar-refractivity contribution in [2.45, 2.75) is 25.8 Å². The van der Waals surface area contributed by atoms with Crippen molar-refractivity contribution in [2.75, 3.05) is 12.4 Å². The Kier molecular flexibility index (Phi) is 5.07. The molecular formula is C30H26N6O2. The molecule has 0 saturated heterocycles. The number of aromatic amines is 2. The Labute approximate surface area is 218 Å². The molecule has 8 heteroatoms. The van der Waals surface area contributed by atoms with Crippen molar-refractivity contribution in [1.29, 1.82) is 0 Å². The van der Waals surface area contributed by atoms with E-state index < -0.39 is 0 Å². The maximum atomic E-state index is 13.2.